The van der Waals surface area contributed by atoms with Crippen LogP contribution in [0.1, 0.15) is 40.1 Å². The maximum absolute atomic E-state index is 12.6. The van der Waals surface area contributed by atoms with Crippen molar-refractivity contribution in [1.82, 2.24) is 0 Å². The van der Waals surface area contributed by atoms with Gasteiger partial charge in [-0.25, -0.2) is 4.79 Å². The van der Waals surface area contributed by atoms with Gasteiger partial charge in [0, 0.05) is 18.7 Å². The van der Waals surface area contributed by atoms with E-state index in [2.05, 4.69) is 0 Å². The average molecular weight is 464 g/mol. The van der Waals surface area contributed by atoms with Crippen LogP contribution in [0.25, 0.3) is 0 Å². The van der Waals surface area contributed by atoms with Gasteiger partial charge in [0.05, 0.1) is 5.56 Å². The molecule has 0 aliphatic rings. The summed E-state index contributed by atoms with van der Waals surface area (Å²) in [6.07, 6.45) is 0. The standard InChI is InChI=1S/C25H20O7S/c1-16(26)31-22-9-5-3-7-20(22)24(28)30-15-18-11-13-19(14-12-18)33-25(29)21-8-4-6-10-23(21)32-17(2)27/h3-14H,15H2,1-2H3. The first kappa shape index (κ1) is 23.7. The van der Waals surface area contributed by atoms with Gasteiger partial charge in [0.25, 0.3) is 0 Å². The zero-order valence-corrected chi connectivity index (χ0v) is 18.7. The van der Waals surface area contributed by atoms with E-state index < -0.39 is 17.9 Å². The zero-order valence-electron chi connectivity index (χ0n) is 17.9. The van der Waals surface area contributed by atoms with Crippen molar-refractivity contribution in [2.45, 2.75) is 25.3 Å². The van der Waals surface area contributed by atoms with Gasteiger partial charge in [0.15, 0.2) is 0 Å². The molecule has 0 aromatic heterocycles. The minimum absolute atomic E-state index is 0.00141. The maximum Gasteiger partial charge on any atom is 0.342 e. The van der Waals surface area contributed by atoms with Gasteiger partial charge in [-0.3, -0.25) is 14.4 Å². The van der Waals surface area contributed by atoms with Crippen LogP contribution in [0.5, 0.6) is 11.5 Å². The predicted octanol–water partition coefficient (Wildman–Crippen LogP) is 4.83. The molecular weight excluding hydrogens is 444 g/mol. The first-order valence-corrected chi connectivity index (χ1v) is 10.7. The minimum atomic E-state index is -0.623. The van der Waals surface area contributed by atoms with E-state index in [4.69, 9.17) is 14.2 Å². The van der Waals surface area contributed by atoms with Crippen molar-refractivity contribution in [2.75, 3.05) is 0 Å². The van der Waals surface area contributed by atoms with Crippen molar-refractivity contribution in [3.63, 3.8) is 0 Å². The molecule has 0 saturated heterocycles. The van der Waals surface area contributed by atoms with Gasteiger partial charge in [-0.15, -0.1) is 0 Å². The van der Waals surface area contributed by atoms with Gasteiger partial charge >= 0.3 is 17.9 Å². The third-order valence-corrected chi connectivity index (χ3v) is 5.14. The summed E-state index contributed by atoms with van der Waals surface area (Å²) < 4.78 is 15.5. The molecule has 0 bridgehead atoms. The molecule has 3 aromatic rings. The van der Waals surface area contributed by atoms with Gasteiger partial charge in [-0.05, 0) is 53.7 Å². The number of para-hydroxylation sites is 2. The number of ether oxygens (including phenoxy) is 3. The van der Waals surface area contributed by atoms with E-state index in [0.717, 1.165) is 11.8 Å². The molecule has 168 valence electrons. The Labute approximate surface area is 194 Å². The van der Waals surface area contributed by atoms with Crippen molar-refractivity contribution in [3.05, 3.63) is 89.5 Å². The number of carbonyl (C=O) groups is 4. The largest absolute Gasteiger partial charge is 0.457 e. The highest BCUT2D eigenvalue weighted by Gasteiger charge is 2.16. The Morgan fingerprint density at radius 3 is 1.79 bits per heavy atom. The summed E-state index contributed by atoms with van der Waals surface area (Å²) in [5, 5.41) is -0.270. The molecule has 0 N–H and O–H groups in total. The highest BCUT2D eigenvalue weighted by Crippen LogP contribution is 2.28. The van der Waals surface area contributed by atoms with E-state index >= 15 is 0 Å². The van der Waals surface area contributed by atoms with Gasteiger partial charge in [0.1, 0.15) is 23.7 Å². The van der Waals surface area contributed by atoms with Crippen LogP contribution in [-0.2, 0) is 20.9 Å². The fourth-order valence-corrected chi connectivity index (χ4v) is 3.57. The maximum atomic E-state index is 12.6. The number of carbonyl (C=O) groups excluding carboxylic acids is 4. The summed E-state index contributed by atoms with van der Waals surface area (Å²) in [7, 11) is 0. The van der Waals surface area contributed by atoms with Crippen LogP contribution in [0.2, 0.25) is 0 Å². The number of thioether (sulfide) groups is 1. The van der Waals surface area contributed by atoms with Crippen LogP contribution in [0.4, 0.5) is 0 Å². The molecule has 0 atom stereocenters. The molecule has 0 heterocycles. The Morgan fingerprint density at radius 2 is 1.21 bits per heavy atom. The van der Waals surface area contributed by atoms with Gasteiger partial charge in [-0.2, -0.15) is 0 Å². The van der Waals surface area contributed by atoms with E-state index in [1.807, 2.05) is 0 Å². The normalized spacial score (nSPS) is 10.2. The minimum Gasteiger partial charge on any atom is -0.457 e. The second-order valence-corrected chi connectivity index (χ2v) is 7.84. The second kappa shape index (κ2) is 11.1. The van der Waals surface area contributed by atoms with Crippen molar-refractivity contribution in [1.29, 1.82) is 0 Å². The van der Waals surface area contributed by atoms with E-state index in [0.29, 0.717) is 16.0 Å². The highest BCUT2D eigenvalue weighted by atomic mass is 32.2. The van der Waals surface area contributed by atoms with Gasteiger partial charge in [-0.1, -0.05) is 36.4 Å². The summed E-state index contributed by atoms with van der Waals surface area (Å²) in [4.78, 5) is 48.2. The quantitative estimate of drug-likeness (QED) is 0.279. The second-order valence-electron chi connectivity index (χ2n) is 6.79. The van der Waals surface area contributed by atoms with Crippen LogP contribution in [-0.4, -0.2) is 23.0 Å². The first-order chi connectivity index (χ1) is 15.8. The molecule has 8 heteroatoms. The van der Waals surface area contributed by atoms with Crippen molar-refractivity contribution >= 4 is 34.8 Å². The van der Waals surface area contributed by atoms with Crippen LogP contribution < -0.4 is 9.47 Å². The average Bonchev–Trinajstić information content (AvgIpc) is 2.78. The molecule has 0 aliphatic carbocycles. The molecule has 0 spiro atoms. The molecule has 3 aromatic carbocycles. The lowest BCUT2D eigenvalue weighted by molar-refractivity contribution is -0.132. The SMILES string of the molecule is CC(=O)Oc1ccccc1C(=O)OCc1ccc(SC(=O)c2ccccc2OC(C)=O)cc1. The van der Waals surface area contributed by atoms with Gasteiger partial charge < -0.3 is 14.2 Å². The molecular formula is C25H20O7S. The third kappa shape index (κ3) is 6.78. The Morgan fingerprint density at radius 1 is 0.697 bits per heavy atom. The lowest BCUT2D eigenvalue weighted by Gasteiger charge is -2.10. The monoisotopic (exact) mass is 464 g/mol. The van der Waals surface area contributed by atoms with Crippen LogP contribution in [0.3, 0.4) is 0 Å². The number of hydrogen-bond donors (Lipinski definition) is 0. The molecule has 0 radical (unpaired) electrons. The molecule has 0 unspecified atom stereocenters. The van der Waals surface area contributed by atoms with Crippen molar-refractivity contribution in [2.24, 2.45) is 0 Å². The number of hydrogen-bond acceptors (Lipinski definition) is 8. The molecule has 0 fully saturated rings. The van der Waals surface area contributed by atoms with Crippen molar-refractivity contribution in [3.8, 4) is 11.5 Å². The molecule has 0 saturated carbocycles. The van der Waals surface area contributed by atoms with Crippen LogP contribution >= 0.6 is 11.8 Å². The lowest BCUT2D eigenvalue weighted by Crippen LogP contribution is -2.10. The van der Waals surface area contributed by atoms with Crippen LogP contribution in [0.15, 0.2) is 77.7 Å². The topological polar surface area (TPSA) is 96.0 Å². The summed E-state index contributed by atoms with van der Waals surface area (Å²) in [6, 6.07) is 19.8. The number of benzene rings is 3. The number of esters is 3. The Hall–Kier alpha value is -3.91. The summed E-state index contributed by atoms with van der Waals surface area (Å²) in [6.45, 7) is 2.53. The third-order valence-electron chi connectivity index (χ3n) is 4.23. The smallest absolute Gasteiger partial charge is 0.342 e. The van der Waals surface area contributed by atoms with E-state index in [9.17, 15) is 19.2 Å². The molecule has 0 aliphatic heterocycles. The molecule has 33 heavy (non-hydrogen) atoms. The lowest BCUT2D eigenvalue weighted by atomic mass is 10.2. The Bertz CT molecular complexity index is 1190. The van der Waals surface area contributed by atoms with Crippen LogP contribution in [0, 0.1) is 0 Å². The Balaban J connectivity index is 1.61. The highest BCUT2D eigenvalue weighted by molar-refractivity contribution is 8.14. The summed E-state index contributed by atoms with van der Waals surface area (Å²) in [5.74, 6) is -1.32. The first-order valence-electron chi connectivity index (χ1n) is 9.86. The van der Waals surface area contributed by atoms with Gasteiger partial charge in [0.2, 0.25) is 5.12 Å². The zero-order chi connectivity index (χ0) is 23.8. The molecule has 7 nitrogen and oxygen atoms in total. The van der Waals surface area contributed by atoms with E-state index in [1.54, 1.807) is 60.7 Å². The van der Waals surface area contributed by atoms with E-state index in [-0.39, 0.29) is 28.8 Å². The number of rotatable bonds is 7. The van der Waals surface area contributed by atoms with E-state index in [1.165, 1.54) is 26.0 Å². The predicted molar refractivity (Wildman–Crippen MR) is 121 cm³/mol. The fraction of sp³-hybridized carbons (Fsp3) is 0.120. The fourth-order valence-electron chi connectivity index (χ4n) is 2.80. The summed E-state index contributed by atoms with van der Waals surface area (Å²) >= 11 is 0.989. The van der Waals surface area contributed by atoms with Crippen molar-refractivity contribution < 1.29 is 33.4 Å². The molecule has 3 rings (SSSR count). The molecule has 0 amide bonds. The summed E-state index contributed by atoms with van der Waals surface area (Å²) in [5.41, 5.74) is 1.16. The Kier molecular flexibility index (Phi) is 7.99.